The van der Waals surface area contributed by atoms with Crippen LogP contribution in [-0.2, 0) is 0 Å². The molecule has 1 atom stereocenters. The van der Waals surface area contributed by atoms with Gasteiger partial charge in [0.1, 0.15) is 0 Å². The fourth-order valence-electron chi connectivity index (χ4n) is 1.98. The van der Waals surface area contributed by atoms with E-state index in [0.717, 1.165) is 12.0 Å². The SMILES string of the molecule is C=C(C)/C=C(\C(=C/C)CC)C(C)CCC.CC.CC. The molecule has 0 saturated carbocycles. The Bertz CT molecular complexity index is 253. The topological polar surface area (TPSA) is 0 Å². The zero-order chi connectivity index (χ0) is 15.8. The van der Waals surface area contributed by atoms with Gasteiger partial charge in [0.25, 0.3) is 0 Å². The van der Waals surface area contributed by atoms with Crippen LogP contribution in [0.3, 0.4) is 0 Å². The number of hydrogen-bond donors (Lipinski definition) is 0. The van der Waals surface area contributed by atoms with E-state index in [4.69, 9.17) is 0 Å². The summed E-state index contributed by atoms with van der Waals surface area (Å²) in [4.78, 5) is 0. The summed E-state index contributed by atoms with van der Waals surface area (Å²) in [5.41, 5.74) is 4.11. The molecule has 0 radical (unpaired) electrons. The molecule has 0 aromatic heterocycles. The molecular formula is C19H38. The van der Waals surface area contributed by atoms with Crippen LogP contribution >= 0.6 is 0 Å². The lowest BCUT2D eigenvalue weighted by atomic mass is 9.88. The van der Waals surface area contributed by atoms with E-state index < -0.39 is 0 Å². The standard InChI is InChI=1S/C15H26.2C2H6/c1-7-10-13(6)15(11-12(4)5)14(8-2)9-3;2*1-2/h8,11,13H,4,7,9-10H2,1-3,5-6H3;2*1-2H3/b14-8-,15-11-;;. The minimum Gasteiger partial charge on any atom is -0.0961 e. The van der Waals surface area contributed by atoms with E-state index in [2.05, 4.69) is 53.3 Å². The molecule has 19 heavy (non-hydrogen) atoms. The van der Waals surface area contributed by atoms with Crippen molar-refractivity contribution in [1.29, 1.82) is 0 Å². The van der Waals surface area contributed by atoms with E-state index in [1.54, 1.807) is 0 Å². The molecule has 0 aromatic rings. The van der Waals surface area contributed by atoms with Gasteiger partial charge < -0.3 is 0 Å². The Balaban J connectivity index is -0.000000579. The van der Waals surface area contributed by atoms with Crippen molar-refractivity contribution in [1.82, 2.24) is 0 Å². The van der Waals surface area contributed by atoms with Gasteiger partial charge in [-0.1, -0.05) is 79.2 Å². The number of hydrogen-bond acceptors (Lipinski definition) is 0. The average molecular weight is 267 g/mol. The summed E-state index contributed by atoms with van der Waals surface area (Å²) < 4.78 is 0. The van der Waals surface area contributed by atoms with Gasteiger partial charge in [0.2, 0.25) is 0 Å². The largest absolute Gasteiger partial charge is 0.0961 e. The second-order valence-corrected chi connectivity index (χ2v) is 4.30. The fourth-order valence-corrected chi connectivity index (χ4v) is 1.98. The molecule has 0 fully saturated rings. The molecule has 0 aromatic carbocycles. The van der Waals surface area contributed by atoms with Gasteiger partial charge >= 0.3 is 0 Å². The van der Waals surface area contributed by atoms with Crippen molar-refractivity contribution < 1.29 is 0 Å². The second-order valence-electron chi connectivity index (χ2n) is 4.30. The molecule has 0 amide bonds. The van der Waals surface area contributed by atoms with E-state index in [1.807, 2.05) is 27.7 Å². The molecule has 0 saturated heterocycles. The van der Waals surface area contributed by atoms with Crippen LogP contribution in [0.5, 0.6) is 0 Å². The molecule has 0 aliphatic heterocycles. The van der Waals surface area contributed by atoms with Gasteiger partial charge in [-0.15, -0.1) is 0 Å². The Labute approximate surface area is 123 Å². The predicted molar refractivity (Wildman–Crippen MR) is 93.7 cm³/mol. The Kier molecular flexibility index (Phi) is 21.1. The predicted octanol–water partition coefficient (Wildman–Crippen LogP) is 7.33. The summed E-state index contributed by atoms with van der Waals surface area (Å²) in [6, 6.07) is 0. The molecule has 1 unspecified atom stereocenters. The molecule has 0 spiro atoms. The lowest BCUT2D eigenvalue weighted by Crippen LogP contribution is -2.02. The zero-order valence-electron chi connectivity index (χ0n) is 15.1. The van der Waals surface area contributed by atoms with Gasteiger partial charge in [0.05, 0.1) is 0 Å². The first kappa shape index (κ1) is 23.3. The minimum absolute atomic E-state index is 0.651. The van der Waals surface area contributed by atoms with Gasteiger partial charge in [0, 0.05) is 0 Å². The second kappa shape index (κ2) is 17.2. The van der Waals surface area contributed by atoms with Crippen molar-refractivity contribution in [2.24, 2.45) is 5.92 Å². The van der Waals surface area contributed by atoms with Crippen molar-refractivity contribution >= 4 is 0 Å². The third kappa shape index (κ3) is 12.0. The highest BCUT2D eigenvalue weighted by atomic mass is 14.2. The minimum atomic E-state index is 0.651. The average Bonchev–Trinajstić information content (AvgIpc) is 2.43. The Morgan fingerprint density at radius 2 is 1.58 bits per heavy atom. The lowest BCUT2D eigenvalue weighted by molar-refractivity contribution is 0.603. The van der Waals surface area contributed by atoms with Crippen molar-refractivity contribution in [3.05, 3.63) is 35.5 Å². The van der Waals surface area contributed by atoms with E-state index in [-0.39, 0.29) is 0 Å². The molecular weight excluding hydrogens is 228 g/mol. The van der Waals surface area contributed by atoms with E-state index in [1.165, 1.54) is 24.0 Å². The molecule has 0 nitrogen and oxygen atoms in total. The summed E-state index contributed by atoms with van der Waals surface area (Å²) >= 11 is 0. The molecule has 0 aliphatic carbocycles. The molecule has 0 heterocycles. The van der Waals surface area contributed by atoms with Gasteiger partial charge in [-0.25, -0.2) is 0 Å². The fraction of sp³-hybridized carbons (Fsp3) is 0.684. The summed E-state index contributed by atoms with van der Waals surface area (Å²) in [7, 11) is 0. The summed E-state index contributed by atoms with van der Waals surface area (Å²) in [6.07, 6.45) is 8.11. The van der Waals surface area contributed by atoms with Crippen LogP contribution < -0.4 is 0 Å². The first-order valence-electron chi connectivity index (χ1n) is 8.09. The van der Waals surface area contributed by atoms with Crippen LogP contribution in [0.25, 0.3) is 0 Å². The highest BCUT2D eigenvalue weighted by molar-refractivity contribution is 5.36. The maximum absolute atomic E-state index is 3.98. The maximum atomic E-state index is 3.98. The van der Waals surface area contributed by atoms with Gasteiger partial charge in [-0.3, -0.25) is 0 Å². The molecule has 0 rings (SSSR count). The lowest BCUT2D eigenvalue weighted by Gasteiger charge is -2.18. The first-order chi connectivity index (χ1) is 9.06. The monoisotopic (exact) mass is 266 g/mol. The van der Waals surface area contributed by atoms with E-state index in [0.29, 0.717) is 5.92 Å². The van der Waals surface area contributed by atoms with E-state index in [9.17, 15) is 0 Å². The molecule has 114 valence electrons. The summed E-state index contributed by atoms with van der Waals surface area (Å²) in [5, 5.41) is 0. The van der Waals surface area contributed by atoms with Crippen LogP contribution in [0.4, 0.5) is 0 Å². The molecule has 0 bridgehead atoms. The van der Waals surface area contributed by atoms with Gasteiger partial charge in [-0.2, -0.15) is 0 Å². The van der Waals surface area contributed by atoms with Crippen LogP contribution in [-0.4, -0.2) is 0 Å². The maximum Gasteiger partial charge on any atom is -0.0188 e. The molecule has 0 N–H and O–H groups in total. The first-order valence-corrected chi connectivity index (χ1v) is 8.09. The van der Waals surface area contributed by atoms with Crippen LogP contribution in [0.1, 0.15) is 81.6 Å². The van der Waals surface area contributed by atoms with Crippen molar-refractivity contribution in [3.63, 3.8) is 0 Å². The highest BCUT2D eigenvalue weighted by Gasteiger charge is 2.10. The third-order valence-electron chi connectivity index (χ3n) is 2.75. The Morgan fingerprint density at radius 1 is 1.11 bits per heavy atom. The van der Waals surface area contributed by atoms with Crippen LogP contribution in [0.15, 0.2) is 35.5 Å². The van der Waals surface area contributed by atoms with Crippen LogP contribution in [0, 0.1) is 5.92 Å². The van der Waals surface area contributed by atoms with Crippen LogP contribution in [0.2, 0.25) is 0 Å². The van der Waals surface area contributed by atoms with Crippen molar-refractivity contribution in [2.75, 3.05) is 0 Å². The number of allylic oxidation sites excluding steroid dienone is 5. The third-order valence-corrected chi connectivity index (χ3v) is 2.75. The summed E-state index contributed by atoms with van der Waals surface area (Å²) in [5.74, 6) is 0.651. The van der Waals surface area contributed by atoms with Crippen molar-refractivity contribution in [2.45, 2.75) is 81.6 Å². The van der Waals surface area contributed by atoms with E-state index >= 15 is 0 Å². The quantitative estimate of drug-likeness (QED) is 0.441. The summed E-state index contributed by atoms with van der Waals surface area (Å²) in [6.45, 7) is 23.0. The molecule has 0 heteroatoms. The van der Waals surface area contributed by atoms with Crippen molar-refractivity contribution in [3.8, 4) is 0 Å². The van der Waals surface area contributed by atoms with Gasteiger partial charge in [-0.05, 0) is 43.8 Å². The molecule has 0 aliphatic rings. The van der Waals surface area contributed by atoms with Gasteiger partial charge in [0.15, 0.2) is 0 Å². The zero-order valence-corrected chi connectivity index (χ0v) is 15.1. The number of rotatable bonds is 6. The highest BCUT2D eigenvalue weighted by Crippen LogP contribution is 2.26. The smallest absolute Gasteiger partial charge is 0.0188 e. The normalized spacial score (nSPS) is 12.7. The Morgan fingerprint density at radius 3 is 1.84 bits per heavy atom. The Hall–Kier alpha value is -0.780.